The monoisotopic (exact) mass is 643 g/mol. The third-order valence-corrected chi connectivity index (χ3v) is 8.32. The predicted molar refractivity (Wildman–Crippen MR) is 193 cm³/mol. The van der Waals surface area contributed by atoms with Crippen molar-refractivity contribution in [3.63, 3.8) is 0 Å². The molecule has 0 atom stereocenters. The zero-order valence-electron chi connectivity index (χ0n) is 26.6. The van der Waals surface area contributed by atoms with E-state index in [1.54, 1.807) is 24.3 Å². The van der Waals surface area contributed by atoms with Crippen molar-refractivity contribution in [2.45, 2.75) is 13.8 Å². The number of aryl methyl sites for hydroxylation is 2. The summed E-state index contributed by atoms with van der Waals surface area (Å²) < 4.78 is 0. The Kier molecular flexibility index (Phi) is 8.07. The summed E-state index contributed by atoms with van der Waals surface area (Å²) in [6.45, 7) is 3.99. The van der Waals surface area contributed by atoms with Crippen LogP contribution in [0, 0.1) is 24.0 Å². The number of fused-ring (bicyclic) bond motifs is 2. The minimum Gasteiger partial charge on any atom is -0.322 e. The van der Waals surface area contributed by atoms with E-state index in [0.717, 1.165) is 22.3 Å². The van der Waals surface area contributed by atoms with Crippen molar-refractivity contribution in [2.75, 3.05) is 10.6 Å². The van der Waals surface area contributed by atoms with Crippen molar-refractivity contribution in [3.05, 3.63) is 160 Å². The molecule has 0 spiro atoms. The maximum Gasteiger partial charge on any atom is 0.292 e. The molecular weight excluding hydrogens is 614 g/mol. The number of anilines is 2. The number of benzene rings is 5. The van der Waals surface area contributed by atoms with Crippen molar-refractivity contribution in [2.24, 2.45) is 0 Å². The van der Waals surface area contributed by atoms with Crippen LogP contribution in [0.15, 0.2) is 127 Å². The van der Waals surface area contributed by atoms with Crippen LogP contribution in [0.2, 0.25) is 0 Å². The first-order valence-corrected chi connectivity index (χ1v) is 15.6. The van der Waals surface area contributed by atoms with Gasteiger partial charge in [-0.1, -0.05) is 96.1 Å². The lowest BCUT2D eigenvalue weighted by atomic mass is 10.0. The second-order valence-corrected chi connectivity index (χ2v) is 11.8. The van der Waals surface area contributed by atoms with E-state index in [-0.39, 0.29) is 17.1 Å². The number of nitrogens with zero attached hydrogens (tertiary/aromatic N) is 3. The van der Waals surface area contributed by atoms with E-state index in [9.17, 15) is 19.7 Å². The molecule has 238 valence electrons. The number of carbonyl (C=O) groups is 2. The van der Waals surface area contributed by atoms with Gasteiger partial charge in [-0.3, -0.25) is 19.7 Å². The van der Waals surface area contributed by atoms with E-state index < -0.39 is 16.7 Å². The Bertz CT molecular complexity index is 2420. The fourth-order valence-corrected chi connectivity index (χ4v) is 5.73. The molecule has 2 amide bonds. The smallest absolute Gasteiger partial charge is 0.292 e. The molecule has 7 rings (SSSR count). The number of amides is 2. The molecule has 0 unspecified atom stereocenters. The van der Waals surface area contributed by atoms with Gasteiger partial charge in [0.2, 0.25) is 0 Å². The number of hydrogen-bond donors (Lipinski definition) is 2. The maximum atomic E-state index is 13.9. The highest BCUT2D eigenvalue weighted by Crippen LogP contribution is 2.32. The average molecular weight is 644 g/mol. The molecule has 0 aliphatic carbocycles. The number of rotatable bonds is 7. The van der Waals surface area contributed by atoms with Crippen LogP contribution in [0.5, 0.6) is 0 Å². The van der Waals surface area contributed by atoms with Gasteiger partial charge in [-0.25, -0.2) is 9.97 Å². The number of pyridine rings is 2. The molecule has 0 aliphatic heterocycles. The van der Waals surface area contributed by atoms with E-state index in [1.807, 2.05) is 98.8 Å². The molecule has 0 radical (unpaired) electrons. The largest absolute Gasteiger partial charge is 0.322 e. The van der Waals surface area contributed by atoms with Gasteiger partial charge in [-0.05, 0) is 50.2 Å². The lowest BCUT2D eigenvalue weighted by molar-refractivity contribution is -0.383. The van der Waals surface area contributed by atoms with Gasteiger partial charge in [0.05, 0.1) is 38.5 Å². The third-order valence-electron chi connectivity index (χ3n) is 8.32. The van der Waals surface area contributed by atoms with E-state index >= 15 is 0 Å². The topological polar surface area (TPSA) is 127 Å². The van der Waals surface area contributed by atoms with E-state index in [1.165, 1.54) is 18.2 Å². The Hall–Kier alpha value is -6.74. The van der Waals surface area contributed by atoms with Crippen LogP contribution < -0.4 is 10.6 Å². The minimum atomic E-state index is -0.576. The van der Waals surface area contributed by atoms with Crippen LogP contribution in [-0.4, -0.2) is 26.7 Å². The summed E-state index contributed by atoms with van der Waals surface area (Å²) in [5.41, 5.74) is 6.94. The maximum absolute atomic E-state index is 13.9. The van der Waals surface area contributed by atoms with Crippen LogP contribution >= 0.6 is 0 Å². The number of aromatic nitrogens is 2. The molecule has 2 N–H and O–H groups in total. The molecule has 9 heteroatoms. The Balaban J connectivity index is 1.23. The average Bonchev–Trinajstić information content (AvgIpc) is 3.11. The van der Waals surface area contributed by atoms with Crippen molar-refractivity contribution < 1.29 is 14.5 Å². The molecule has 0 saturated heterocycles. The van der Waals surface area contributed by atoms with E-state index in [2.05, 4.69) is 10.6 Å². The summed E-state index contributed by atoms with van der Waals surface area (Å²) in [5.74, 6) is -0.984. The normalized spacial score (nSPS) is 11.0. The predicted octanol–water partition coefficient (Wildman–Crippen LogP) is 9.15. The van der Waals surface area contributed by atoms with Crippen LogP contribution in [0.4, 0.5) is 17.1 Å². The SMILES string of the molecule is Cc1ccc(-c2cc(C(=O)Nc3ccc([N+](=O)[O-])c(NC(=O)c4cc(-c5ccc(C)cc5)nc5ccccc45)c3)c3ccccc3n2)cc1. The second-order valence-electron chi connectivity index (χ2n) is 11.8. The molecule has 0 bridgehead atoms. The molecule has 0 saturated carbocycles. The number of carbonyl (C=O) groups excluding carboxylic acids is 2. The summed E-state index contributed by atoms with van der Waals surface area (Å²) in [6.07, 6.45) is 0. The lowest BCUT2D eigenvalue weighted by Gasteiger charge is -2.13. The summed E-state index contributed by atoms with van der Waals surface area (Å²) in [7, 11) is 0. The fraction of sp³-hybridized carbons (Fsp3) is 0.0500. The second kappa shape index (κ2) is 12.8. The van der Waals surface area contributed by atoms with Crippen LogP contribution in [0.3, 0.4) is 0 Å². The number of nitro groups is 1. The van der Waals surface area contributed by atoms with Gasteiger partial charge >= 0.3 is 0 Å². The molecular formula is C40H29N5O4. The highest BCUT2D eigenvalue weighted by atomic mass is 16.6. The highest BCUT2D eigenvalue weighted by molar-refractivity contribution is 6.15. The molecule has 7 aromatic rings. The summed E-state index contributed by atoms with van der Waals surface area (Å²) in [6, 6.07) is 37.8. The lowest BCUT2D eigenvalue weighted by Crippen LogP contribution is -2.16. The number of nitro benzene ring substituents is 1. The molecule has 9 nitrogen and oxygen atoms in total. The first-order valence-electron chi connectivity index (χ1n) is 15.6. The third kappa shape index (κ3) is 6.33. The van der Waals surface area contributed by atoms with Crippen LogP contribution in [-0.2, 0) is 0 Å². The molecule has 49 heavy (non-hydrogen) atoms. The Morgan fingerprint density at radius 2 is 1.06 bits per heavy atom. The minimum absolute atomic E-state index is 0.0643. The van der Waals surface area contributed by atoms with Gasteiger partial charge in [0.15, 0.2) is 0 Å². The fourth-order valence-electron chi connectivity index (χ4n) is 5.73. The molecule has 5 aromatic carbocycles. The molecule has 2 heterocycles. The van der Waals surface area contributed by atoms with E-state index in [0.29, 0.717) is 44.3 Å². The summed E-state index contributed by atoms with van der Waals surface area (Å²) >= 11 is 0. The highest BCUT2D eigenvalue weighted by Gasteiger charge is 2.21. The Morgan fingerprint density at radius 1 is 0.592 bits per heavy atom. The van der Waals surface area contributed by atoms with Gasteiger partial charge in [0, 0.05) is 33.7 Å². The van der Waals surface area contributed by atoms with Crippen LogP contribution in [0.1, 0.15) is 31.8 Å². The molecule has 0 aliphatic rings. The standard InChI is InChI=1S/C40H29N5O4/c1-24-11-15-26(16-12-24)35-22-31(29-7-3-5-9-33(29)42-35)39(46)41-28-19-20-38(45(48)49)37(21-28)44-40(47)32-23-36(27-17-13-25(2)14-18-27)43-34-10-6-4-8-30(32)34/h3-23H,1-2H3,(H,41,46)(H,44,47). The van der Waals surface area contributed by atoms with Crippen molar-refractivity contribution in [1.82, 2.24) is 9.97 Å². The quantitative estimate of drug-likeness (QED) is 0.132. The molecule has 0 fully saturated rings. The van der Waals surface area contributed by atoms with Gasteiger partial charge < -0.3 is 10.6 Å². The first-order chi connectivity index (χ1) is 23.7. The summed E-state index contributed by atoms with van der Waals surface area (Å²) in [5, 5.41) is 18.9. The van der Waals surface area contributed by atoms with Crippen molar-refractivity contribution in [3.8, 4) is 22.5 Å². The van der Waals surface area contributed by atoms with Gasteiger partial charge in [-0.2, -0.15) is 0 Å². The zero-order valence-corrected chi connectivity index (χ0v) is 26.6. The van der Waals surface area contributed by atoms with Crippen molar-refractivity contribution >= 4 is 50.7 Å². The van der Waals surface area contributed by atoms with Gasteiger partial charge in [-0.15, -0.1) is 0 Å². The Labute approximate surface area is 281 Å². The molecule has 2 aromatic heterocycles. The Morgan fingerprint density at radius 3 is 1.55 bits per heavy atom. The number of hydrogen-bond acceptors (Lipinski definition) is 6. The zero-order chi connectivity index (χ0) is 34.1. The van der Waals surface area contributed by atoms with Gasteiger partial charge in [0.1, 0.15) is 5.69 Å². The van der Waals surface area contributed by atoms with Crippen LogP contribution in [0.25, 0.3) is 44.3 Å². The van der Waals surface area contributed by atoms with Crippen molar-refractivity contribution in [1.29, 1.82) is 0 Å². The number of para-hydroxylation sites is 2. The summed E-state index contributed by atoms with van der Waals surface area (Å²) in [4.78, 5) is 48.7. The number of nitrogens with one attached hydrogen (secondary N) is 2. The first kappa shape index (κ1) is 30.9. The van der Waals surface area contributed by atoms with Gasteiger partial charge in [0.25, 0.3) is 17.5 Å². The van der Waals surface area contributed by atoms with E-state index in [4.69, 9.17) is 9.97 Å².